The molecule has 1 unspecified atom stereocenters. The van der Waals surface area contributed by atoms with Crippen LogP contribution in [0.1, 0.15) is 22.9 Å². The minimum absolute atomic E-state index is 0.382. The lowest BCUT2D eigenvalue weighted by Gasteiger charge is -2.20. The summed E-state index contributed by atoms with van der Waals surface area (Å²) >= 11 is 6.13. The lowest BCUT2D eigenvalue weighted by Crippen LogP contribution is -2.31. The normalized spacial score (nSPS) is 12.4. The summed E-state index contributed by atoms with van der Waals surface area (Å²) in [5.74, 6) is 6.03. The number of rotatable bonds is 3. The number of halogens is 1. The summed E-state index contributed by atoms with van der Waals surface area (Å²) in [5, 5.41) is 0.531. The number of pyridine rings is 2. The second-order valence-electron chi connectivity index (χ2n) is 3.90. The van der Waals surface area contributed by atoms with Crippen LogP contribution in [0.3, 0.4) is 0 Å². The van der Waals surface area contributed by atoms with Crippen LogP contribution >= 0.6 is 11.6 Å². The van der Waals surface area contributed by atoms with Crippen LogP contribution in [0.4, 0.5) is 5.82 Å². The van der Waals surface area contributed by atoms with Crippen LogP contribution in [0.25, 0.3) is 0 Å². The van der Waals surface area contributed by atoms with E-state index >= 15 is 0 Å². The van der Waals surface area contributed by atoms with E-state index in [0.29, 0.717) is 16.5 Å². The summed E-state index contributed by atoms with van der Waals surface area (Å²) in [7, 11) is 0. The average molecular weight is 264 g/mol. The second-order valence-corrected chi connectivity index (χ2v) is 4.30. The molecule has 0 fully saturated rings. The van der Waals surface area contributed by atoms with Crippen LogP contribution in [0, 0.1) is 6.92 Å². The van der Waals surface area contributed by atoms with Gasteiger partial charge >= 0.3 is 0 Å². The van der Waals surface area contributed by atoms with E-state index in [4.69, 9.17) is 23.2 Å². The molecular formula is C12H14ClN5. The van der Waals surface area contributed by atoms with Crippen molar-refractivity contribution < 1.29 is 0 Å². The predicted octanol–water partition coefficient (Wildman–Crippen LogP) is 1.57. The van der Waals surface area contributed by atoms with Gasteiger partial charge in [-0.25, -0.2) is 10.4 Å². The van der Waals surface area contributed by atoms with Gasteiger partial charge < -0.3 is 5.73 Å². The average Bonchev–Trinajstić information content (AvgIpc) is 2.35. The summed E-state index contributed by atoms with van der Waals surface area (Å²) in [6, 6.07) is 5.01. The molecule has 0 aliphatic carbocycles. The first-order chi connectivity index (χ1) is 8.65. The first-order valence-electron chi connectivity index (χ1n) is 5.42. The molecule has 0 aliphatic heterocycles. The van der Waals surface area contributed by atoms with Gasteiger partial charge in [0, 0.05) is 18.0 Å². The smallest absolute Gasteiger partial charge is 0.128 e. The lowest BCUT2D eigenvalue weighted by atomic mass is 10.00. The number of aromatic nitrogens is 2. The lowest BCUT2D eigenvalue weighted by molar-refractivity contribution is 0.618. The number of nitrogens with two attached hydrogens (primary N) is 2. The number of hydrogen-bond acceptors (Lipinski definition) is 5. The van der Waals surface area contributed by atoms with Gasteiger partial charge in [-0.1, -0.05) is 11.6 Å². The van der Waals surface area contributed by atoms with Crippen molar-refractivity contribution in [2.45, 2.75) is 13.0 Å². The second kappa shape index (κ2) is 5.30. The van der Waals surface area contributed by atoms with E-state index in [1.54, 1.807) is 24.5 Å². The van der Waals surface area contributed by atoms with Crippen molar-refractivity contribution in [3.63, 3.8) is 0 Å². The zero-order chi connectivity index (χ0) is 13.1. The number of hydrazine groups is 1. The van der Waals surface area contributed by atoms with Crippen LogP contribution in [-0.2, 0) is 0 Å². The Morgan fingerprint density at radius 1 is 1.28 bits per heavy atom. The van der Waals surface area contributed by atoms with Gasteiger partial charge in [-0.3, -0.25) is 10.8 Å². The monoisotopic (exact) mass is 263 g/mol. The Morgan fingerprint density at radius 2 is 2.06 bits per heavy atom. The molecule has 0 amide bonds. The maximum absolute atomic E-state index is 6.13. The van der Waals surface area contributed by atoms with E-state index in [0.717, 1.165) is 11.1 Å². The Hall–Kier alpha value is -1.69. The summed E-state index contributed by atoms with van der Waals surface area (Å²) in [5.41, 5.74) is 11.0. The van der Waals surface area contributed by atoms with Gasteiger partial charge in [-0.15, -0.1) is 0 Å². The van der Waals surface area contributed by atoms with E-state index in [-0.39, 0.29) is 6.04 Å². The third-order valence-electron chi connectivity index (χ3n) is 2.75. The van der Waals surface area contributed by atoms with Crippen molar-refractivity contribution in [3.05, 3.63) is 52.4 Å². The molecule has 2 heterocycles. The highest BCUT2D eigenvalue weighted by Crippen LogP contribution is 2.30. The number of nitrogens with one attached hydrogen (secondary N) is 1. The van der Waals surface area contributed by atoms with Gasteiger partial charge in [-0.2, -0.15) is 0 Å². The minimum atomic E-state index is -0.382. The maximum Gasteiger partial charge on any atom is 0.128 e. The molecule has 94 valence electrons. The van der Waals surface area contributed by atoms with Crippen molar-refractivity contribution >= 4 is 17.4 Å². The van der Waals surface area contributed by atoms with Crippen LogP contribution in [0.15, 0.2) is 30.6 Å². The minimum Gasteiger partial charge on any atom is -0.383 e. The van der Waals surface area contributed by atoms with Crippen molar-refractivity contribution in [1.29, 1.82) is 0 Å². The fraction of sp³-hybridized carbons (Fsp3) is 0.167. The summed E-state index contributed by atoms with van der Waals surface area (Å²) < 4.78 is 0. The SMILES string of the molecule is Cc1ccnc(N)c1C(NN)c1ncccc1Cl. The van der Waals surface area contributed by atoms with E-state index in [9.17, 15) is 0 Å². The van der Waals surface area contributed by atoms with E-state index in [1.165, 1.54) is 0 Å². The third kappa shape index (κ3) is 2.28. The first-order valence-corrected chi connectivity index (χ1v) is 5.80. The molecule has 0 aromatic carbocycles. The quantitative estimate of drug-likeness (QED) is 0.578. The Bertz CT molecular complexity index is 538. The molecule has 0 radical (unpaired) electrons. The largest absolute Gasteiger partial charge is 0.383 e. The number of nitrogen functional groups attached to an aromatic ring is 1. The van der Waals surface area contributed by atoms with Gasteiger partial charge in [0.05, 0.1) is 16.8 Å². The van der Waals surface area contributed by atoms with Gasteiger partial charge in [-0.05, 0) is 30.7 Å². The number of aryl methyl sites for hydroxylation is 1. The highest BCUT2D eigenvalue weighted by atomic mass is 35.5. The topological polar surface area (TPSA) is 89.8 Å². The van der Waals surface area contributed by atoms with Crippen LogP contribution < -0.4 is 17.0 Å². The maximum atomic E-state index is 6.13. The highest BCUT2D eigenvalue weighted by molar-refractivity contribution is 6.31. The fourth-order valence-electron chi connectivity index (χ4n) is 1.88. The molecule has 5 N–H and O–H groups in total. The standard InChI is InChI=1S/C12H14ClN5/c1-7-4-6-17-12(14)9(7)11(18-15)10-8(13)3-2-5-16-10/h2-6,11,18H,15H2,1H3,(H2,14,17). The molecular weight excluding hydrogens is 250 g/mol. The Morgan fingerprint density at radius 3 is 2.67 bits per heavy atom. The van der Waals surface area contributed by atoms with E-state index < -0.39 is 0 Å². The number of hydrogen-bond donors (Lipinski definition) is 3. The zero-order valence-corrected chi connectivity index (χ0v) is 10.6. The van der Waals surface area contributed by atoms with Gasteiger partial charge in [0.15, 0.2) is 0 Å². The van der Waals surface area contributed by atoms with Gasteiger partial charge in [0.2, 0.25) is 0 Å². The first kappa shape index (κ1) is 12.8. The van der Waals surface area contributed by atoms with E-state index in [2.05, 4.69) is 15.4 Å². The summed E-state index contributed by atoms with van der Waals surface area (Å²) in [6.07, 6.45) is 3.31. The molecule has 0 aliphatic rings. The predicted molar refractivity (Wildman–Crippen MR) is 71.8 cm³/mol. The van der Waals surface area contributed by atoms with Crippen LogP contribution in [0.5, 0.6) is 0 Å². The molecule has 2 rings (SSSR count). The highest BCUT2D eigenvalue weighted by Gasteiger charge is 2.21. The Labute approximate surface area is 110 Å². The molecule has 2 aromatic rings. The molecule has 0 bridgehead atoms. The Kier molecular flexibility index (Phi) is 3.76. The molecule has 6 heteroatoms. The van der Waals surface area contributed by atoms with Gasteiger partial charge in [0.25, 0.3) is 0 Å². The van der Waals surface area contributed by atoms with Gasteiger partial charge in [0.1, 0.15) is 5.82 Å². The molecule has 0 saturated heterocycles. The molecule has 0 saturated carbocycles. The van der Waals surface area contributed by atoms with E-state index in [1.807, 2.05) is 13.0 Å². The number of nitrogens with zero attached hydrogens (tertiary/aromatic N) is 2. The Balaban J connectivity index is 2.56. The van der Waals surface area contributed by atoms with Crippen molar-refractivity contribution in [2.75, 3.05) is 5.73 Å². The summed E-state index contributed by atoms with van der Waals surface area (Å²) in [4.78, 5) is 8.33. The molecule has 5 nitrogen and oxygen atoms in total. The molecule has 18 heavy (non-hydrogen) atoms. The zero-order valence-electron chi connectivity index (χ0n) is 9.89. The molecule has 0 spiro atoms. The molecule has 2 aromatic heterocycles. The number of anilines is 1. The van der Waals surface area contributed by atoms with Crippen LogP contribution in [-0.4, -0.2) is 9.97 Å². The summed E-state index contributed by atoms with van der Waals surface area (Å²) in [6.45, 7) is 1.94. The van der Waals surface area contributed by atoms with Crippen LogP contribution in [0.2, 0.25) is 5.02 Å². The van der Waals surface area contributed by atoms with Crippen molar-refractivity contribution in [1.82, 2.24) is 15.4 Å². The molecule has 1 atom stereocenters. The van der Waals surface area contributed by atoms with Crippen molar-refractivity contribution in [2.24, 2.45) is 5.84 Å². The fourth-order valence-corrected chi connectivity index (χ4v) is 2.11. The third-order valence-corrected chi connectivity index (χ3v) is 3.07. The van der Waals surface area contributed by atoms with Crippen molar-refractivity contribution in [3.8, 4) is 0 Å².